The van der Waals surface area contributed by atoms with E-state index in [4.69, 9.17) is 4.74 Å². The number of amides is 1. The quantitative estimate of drug-likeness (QED) is 0.778. The van der Waals surface area contributed by atoms with E-state index in [1.54, 1.807) is 0 Å². The van der Waals surface area contributed by atoms with Crippen molar-refractivity contribution < 1.29 is 9.53 Å². The minimum atomic E-state index is -0.124. The van der Waals surface area contributed by atoms with Gasteiger partial charge in [0.2, 0.25) is 5.91 Å². The van der Waals surface area contributed by atoms with Crippen LogP contribution in [0.4, 0.5) is 5.69 Å². The van der Waals surface area contributed by atoms with Crippen molar-refractivity contribution >= 4 is 11.6 Å². The topological polar surface area (TPSA) is 50.4 Å². The minimum absolute atomic E-state index is 0.0595. The van der Waals surface area contributed by atoms with Crippen LogP contribution in [-0.4, -0.2) is 31.7 Å². The highest BCUT2D eigenvalue weighted by Crippen LogP contribution is 2.24. The van der Waals surface area contributed by atoms with E-state index in [0.717, 1.165) is 18.5 Å². The van der Waals surface area contributed by atoms with E-state index < -0.39 is 0 Å². The maximum atomic E-state index is 11.9. The molecule has 0 saturated heterocycles. The van der Waals surface area contributed by atoms with E-state index in [2.05, 4.69) is 16.7 Å². The Hall–Kier alpha value is -1.55. The maximum Gasteiger partial charge on any atom is 0.242 e. The van der Waals surface area contributed by atoms with Crippen molar-refractivity contribution in [1.29, 1.82) is 0 Å². The van der Waals surface area contributed by atoms with Gasteiger partial charge in [-0.05, 0) is 31.4 Å². The summed E-state index contributed by atoms with van der Waals surface area (Å²) < 4.78 is 5.19. The summed E-state index contributed by atoms with van der Waals surface area (Å²) in [5.74, 6) is 0.0595. The second-order valence-electron chi connectivity index (χ2n) is 4.38. The lowest BCUT2D eigenvalue weighted by molar-refractivity contribution is -0.122. The first kappa shape index (κ1) is 12.9. The van der Waals surface area contributed by atoms with Gasteiger partial charge in [-0.1, -0.05) is 18.2 Å². The summed E-state index contributed by atoms with van der Waals surface area (Å²) in [6.07, 6.45) is 1.80. The molecule has 0 spiro atoms. The summed E-state index contributed by atoms with van der Waals surface area (Å²) in [7, 11) is 0. The summed E-state index contributed by atoms with van der Waals surface area (Å²) in [4.78, 5) is 11.9. The molecule has 4 nitrogen and oxygen atoms in total. The van der Waals surface area contributed by atoms with Crippen LogP contribution in [0.1, 0.15) is 18.9 Å². The fraction of sp³-hybridized carbons (Fsp3) is 0.500. The number of aryl methyl sites for hydroxylation is 1. The number of benzene rings is 1. The van der Waals surface area contributed by atoms with Crippen LogP contribution in [0.25, 0.3) is 0 Å². The first-order chi connectivity index (χ1) is 8.81. The van der Waals surface area contributed by atoms with Gasteiger partial charge in [0.15, 0.2) is 0 Å². The van der Waals surface area contributed by atoms with Crippen molar-refractivity contribution in [2.75, 3.05) is 25.1 Å². The summed E-state index contributed by atoms with van der Waals surface area (Å²) in [6.45, 7) is 3.78. The Labute approximate surface area is 108 Å². The molecule has 0 aromatic heterocycles. The molecule has 1 unspecified atom stereocenters. The molecule has 0 bridgehead atoms. The molecule has 0 radical (unpaired) electrons. The van der Waals surface area contributed by atoms with Crippen LogP contribution in [-0.2, 0) is 16.0 Å². The first-order valence-corrected chi connectivity index (χ1v) is 6.51. The summed E-state index contributed by atoms with van der Waals surface area (Å²) >= 11 is 0. The van der Waals surface area contributed by atoms with Crippen LogP contribution in [0.15, 0.2) is 24.3 Å². The van der Waals surface area contributed by atoms with E-state index in [-0.39, 0.29) is 11.9 Å². The van der Waals surface area contributed by atoms with Crippen molar-refractivity contribution in [2.45, 2.75) is 25.8 Å². The third-order valence-corrected chi connectivity index (χ3v) is 3.12. The number of rotatable bonds is 5. The zero-order valence-corrected chi connectivity index (χ0v) is 10.7. The van der Waals surface area contributed by atoms with E-state index in [1.807, 2.05) is 25.1 Å². The SMILES string of the molecule is CCOCCNC(=O)C1CCc2ccccc2N1. The van der Waals surface area contributed by atoms with Gasteiger partial charge < -0.3 is 15.4 Å². The molecule has 1 aromatic rings. The van der Waals surface area contributed by atoms with E-state index in [9.17, 15) is 4.79 Å². The van der Waals surface area contributed by atoms with Crippen LogP contribution in [0.5, 0.6) is 0 Å². The van der Waals surface area contributed by atoms with Crippen LogP contribution >= 0.6 is 0 Å². The number of hydrogen-bond acceptors (Lipinski definition) is 3. The van der Waals surface area contributed by atoms with E-state index in [0.29, 0.717) is 19.8 Å². The van der Waals surface area contributed by atoms with Crippen molar-refractivity contribution in [3.63, 3.8) is 0 Å². The summed E-state index contributed by atoms with van der Waals surface area (Å²) in [5.41, 5.74) is 2.37. The molecule has 0 saturated carbocycles. The molecule has 0 fully saturated rings. The molecule has 18 heavy (non-hydrogen) atoms. The van der Waals surface area contributed by atoms with Gasteiger partial charge >= 0.3 is 0 Å². The number of carbonyl (C=O) groups is 1. The molecule has 1 amide bonds. The minimum Gasteiger partial charge on any atom is -0.380 e. The molecule has 1 aliphatic rings. The second kappa shape index (κ2) is 6.40. The fourth-order valence-corrected chi connectivity index (χ4v) is 2.15. The predicted molar refractivity (Wildman–Crippen MR) is 71.7 cm³/mol. The number of para-hydroxylation sites is 1. The highest BCUT2D eigenvalue weighted by atomic mass is 16.5. The van der Waals surface area contributed by atoms with Gasteiger partial charge in [-0.3, -0.25) is 4.79 Å². The normalized spacial score (nSPS) is 17.7. The first-order valence-electron chi connectivity index (χ1n) is 6.51. The van der Waals surface area contributed by atoms with Crippen LogP contribution in [0.3, 0.4) is 0 Å². The molecule has 4 heteroatoms. The Balaban J connectivity index is 1.83. The molecule has 1 atom stereocenters. The number of fused-ring (bicyclic) bond motifs is 1. The summed E-state index contributed by atoms with van der Waals surface area (Å²) in [5, 5.41) is 6.18. The lowest BCUT2D eigenvalue weighted by Crippen LogP contribution is -2.42. The number of carbonyl (C=O) groups excluding carboxylic acids is 1. The van der Waals surface area contributed by atoms with E-state index >= 15 is 0 Å². The average Bonchev–Trinajstić information content (AvgIpc) is 2.43. The van der Waals surface area contributed by atoms with Gasteiger partial charge in [-0.2, -0.15) is 0 Å². The van der Waals surface area contributed by atoms with Gasteiger partial charge in [-0.15, -0.1) is 0 Å². The van der Waals surface area contributed by atoms with Crippen molar-refractivity contribution in [2.24, 2.45) is 0 Å². The molecule has 2 N–H and O–H groups in total. The number of nitrogens with one attached hydrogen (secondary N) is 2. The van der Waals surface area contributed by atoms with Crippen molar-refractivity contribution in [3.05, 3.63) is 29.8 Å². The van der Waals surface area contributed by atoms with Gasteiger partial charge in [0.1, 0.15) is 6.04 Å². The van der Waals surface area contributed by atoms with Crippen molar-refractivity contribution in [3.8, 4) is 0 Å². The van der Waals surface area contributed by atoms with Gasteiger partial charge in [0, 0.05) is 18.8 Å². The molecular weight excluding hydrogens is 228 g/mol. The predicted octanol–water partition coefficient (Wildman–Crippen LogP) is 1.57. The second-order valence-corrected chi connectivity index (χ2v) is 4.38. The Morgan fingerprint density at radius 3 is 3.17 bits per heavy atom. The smallest absolute Gasteiger partial charge is 0.242 e. The lowest BCUT2D eigenvalue weighted by atomic mass is 9.98. The summed E-state index contributed by atoms with van der Waals surface area (Å²) in [6, 6.07) is 8.02. The number of anilines is 1. The third kappa shape index (κ3) is 3.23. The Morgan fingerprint density at radius 1 is 1.50 bits per heavy atom. The highest BCUT2D eigenvalue weighted by Gasteiger charge is 2.22. The van der Waals surface area contributed by atoms with Crippen molar-refractivity contribution in [1.82, 2.24) is 5.32 Å². The third-order valence-electron chi connectivity index (χ3n) is 3.12. The molecule has 98 valence electrons. The average molecular weight is 248 g/mol. The number of ether oxygens (including phenoxy) is 1. The lowest BCUT2D eigenvalue weighted by Gasteiger charge is -2.26. The fourth-order valence-electron chi connectivity index (χ4n) is 2.15. The molecule has 2 rings (SSSR count). The van der Waals surface area contributed by atoms with E-state index in [1.165, 1.54) is 5.56 Å². The zero-order chi connectivity index (χ0) is 12.8. The Bertz CT molecular complexity index is 407. The maximum absolute atomic E-state index is 11.9. The van der Waals surface area contributed by atoms with Gasteiger partial charge in [-0.25, -0.2) is 0 Å². The van der Waals surface area contributed by atoms with Crippen LogP contribution < -0.4 is 10.6 Å². The molecule has 1 aromatic carbocycles. The Morgan fingerprint density at radius 2 is 2.33 bits per heavy atom. The van der Waals surface area contributed by atoms with Gasteiger partial charge in [0.05, 0.1) is 6.61 Å². The monoisotopic (exact) mass is 248 g/mol. The molecule has 1 aliphatic heterocycles. The molecule has 1 heterocycles. The van der Waals surface area contributed by atoms with Crippen LogP contribution in [0.2, 0.25) is 0 Å². The van der Waals surface area contributed by atoms with Crippen LogP contribution in [0, 0.1) is 0 Å². The number of hydrogen-bond donors (Lipinski definition) is 2. The van der Waals surface area contributed by atoms with Gasteiger partial charge in [0.25, 0.3) is 0 Å². The molecular formula is C14H20N2O2. The highest BCUT2D eigenvalue weighted by molar-refractivity contribution is 5.85. The zero-order valence-electron chi connectivity index (χ0n) is 10.7. The Kier molecular flexibility index (Phi) is 4.59. The molecule has 0 aliphatic carbocycles. The largest absolute Gasteiger partial charge is 0.380 e. The standard InChI is InChI=1S/C14H20N2O2/c1-2-18-10-9-15-14(17)13-8-7-11-5-3-4-6-12(11)16-13/h3-6,13,16H,2,7-10H2,1H3,(H,15,17).